The minimum Gasteiger partial charge on any atom is -0.354 e. The van der Waals surface area contributed by atoms with Crippen LogP contribution in [0.3, 0.4) is 0 Å². The number of carbonyl (C=O) groups excluding carboxylic acids is 2. The maximum atomic E-state index is 13.3. The fourth-order valence-corrected chi connectivity index (χ4v) is 4.58. The Morgan fingerprint density at radius 1 is 1.06 bits per heavy atom. The first kappa shape index (κ1) is 26.6. The van der Waals surface area contributed by atoms with Crippen molar-refractivity contribution in [2.24, 2.45) is 0 Å². The summed E-state index contributed by atoms with van der Waals surface area (Å²) in [7, 11) is 0. The first-order valence-corrected chi connectivity index (χ1v) is 12.9. The van der Waals surface area contributed by atoms with Crippen molar-refractivity contribution in [1.29, 1.82) is 0 Å². The molecule has 0 saturated carbocycles. The molecule has 32 heavy (non-hydrogen) atoms. The molecule has 2 rings (SSSR count). The minimum absolute atomic E-state index is 0.0637. The molecule has 0 spiro atoms. The summed E-state index contributed by atoms with van der Waals surface area (Å²) in [6.07, 6.45) is 2.45. The van der Waals surface area contributed by atoms with Crippen molar-refractivity contribution in [3.63, 3.8) is 0 Å². The summed E-state index contributed by atoms with van der Waals surface area (Å²) in [6.45, 7) is 6.98. The standard InChI is InChI=1S/C25H32Cl2N2O2S/c1-4-6-12-28-25(31)23(5-2)29(15-19-10-11-21(26)22(27)14-19)24(30)17-32-16-20-9-7-8-18(3)13-20/h7-11,13-14,23H,4-6,12,15-17H2,1-3H3,(H,28,31)/t23-/m0/s1. The number of nitrogens with one attached hydrogen (secondary N) is 1. The highest BCUT2D eigenvalue weighted by Crippen LogP contribution is 2.24. The zero-order chi connectivity index (χ0) is 23.5. The van der Waals surface area contributed by atoms with E-state index in [9.17, 15) is 9.59 Å². The molecule has 4 nitrogen and oxygen atoms in total. The van der Waals surface area contributed by atoms with Crippen molar-refractivity contribution >= 4 is 46.8 Å². The van der Waals surface area contributed by atoms with Crippen LogP contribution in [0, 0.1) is 6.92 Å². The Kier molecular flexibility index (Phi) is 11.4. The molecule has 7 heteroatoms. The van der Waals surface area contributed by atoms with Crippen LogP contribution in [0.4, 0.5) is 0 Å². The predicted molar refractivity (Wildman–Crippen MR) is 136 cm³/mol. The summed E-state index contributed by atoms with van der Waals surface area (Å²) in [5.74, 6) is 0.867. The second kappa shape index (κ2) is 13.8. The second-order valence-corrected chi connectivity index (χ2v) is 9.62. The van der Waals surface area contributed by atoms with Gasteiger partial charge in [0.15, 0.2) is 0 Å². The molecule has 0 aliphatic rings. The van der Waals surface area contributed by atoms with Gasteiger partial charge in [-0.05, 0) is 43.0 Å². The topological polar surface area (TPSA) is 49.4 Å². The lowest BCUT2D eigenvalue weighted by Gasteiger charge is -2.30. The van der Waals surface area contributed by atoms with E-state index in [0.29, 0.717) is 35.3 Å². The Balaban J connectivity index is 2.13. The van der Waals surface area contributed by atoms with Gasteiger partial charge < -0.3 is 10.2 Å². The number of rotatable bonds is 12. The largest absolute Gasteiger partial charge is 0.354 e. The smallest absolute Gasteiger partial charge is 0.242 e. The molecule has 0 aromatic heterocycles. The highest BCUT2D eigenvalue weighted by molar-refractivity contribution is 7.99. The third kappa shape index (κ3) is 8.34. The molecule has 0 fully saturated rings. The Morgan fingerprint density at radius 3 is 2.50 bits per heavy atom. The average molecular weight is 496 g/mol. The normalized spacial score (nSPS) is 11.8. The number of benzene rings is 2. The molecular weight excluding hydrogens is 463 g/mol. The summed E-state index contributed by atoms with van der Waals surface area (Å²) in [4.78, 5) is 27.8. The number of thioether (sulfide) groups is 1. The zero-order valence-corrected chi connectivity index (χ0v) is 21.3. The number of carbonyl (C=O) groups is 2. The van der Waals surface area contributed by atoms with Crippen molar-refractivity contribution < 1.29 is 9.59 Å². The van der Waals surface area contributed by atoms with Crippen molar-refractivity contribution in [2.45, 2.75) is 58.4 Å². The van der Waals surface area contributed by atoms with Gasteiger partial charge in [0.1, 0.15) is 6.04 Å². The monoisotopic (exact) mass is 494 g/mol. The number of hydrogen-bond acceptors (Lipinski definition) is 3. The van der Waals surface area contributed by atoms with Crippen LogP contribution in [0.5, 0.6) is 0 Å². The van der Waals surface area contributed by atoms with E-state index < -0.39 is 6.04 Å². The number of nitrogens with zero attached hydrogens (tertiary/aromatic N) is 1. The highest BCUT2D eigenvalue weighted by atomic mass is 35.5. The van der Waals surface area contributed by atoms with E-state index in [1.807, 2.05) is 19.1 Å². The van der Waals surface area contributed by atoms with Crippen LogP contribution in [0.25, 0.3) is 0 Å². The molecule has 1 N–H and O–H groups in total. The molecule has 174 valence electrons. The molecule has 2 amide bonds. The number of amides is 2. The SMILES string of the molecule is CCCCNC(=O)[C@H](CC)N(Cc1ccc(Cl)c(Cl)c1)C(=O)CSCc1cccc(C)c1. The zero-order valence-electron chi connectivity index (χ0n) is 19.0. The van der Waals surface area contributed by atoms with Gasteiger partial charge in [-0.2, -0.15) is 0 Å². The summed E-state index contributed by atoms with van der Waals surface area (Å²) in [6, 6.07) is 13.1. The number of halogens is 2. The second-order valence-electron chi connectivity index (χ2n) is 7.82. The minimum atomic E-state index is -0.534. The predicted octanol–water partition coefficient (Wildman–Crippen LogP) is 6.26. The molecule has 0 radical (unpaired) electrons. The number of unbranched alkanes of at least 4 members (excludes halogenated alkanes) is 1. The van der Waals surface area contributed by atoms with Gasteiger partial charge in [-0.25, -0.2) is 0 Å². The number of aryl methyl sites for hydroxylation is 1. The van der Waals surface area contributed by atoms with Crippen LogP contribution in [-0.4, -0.2) is 35.1 Å². The quantitative estimate of drug-likeness (QED) is 0.354. The highest BCUT2D eigenvalue weighted by Gasteiger charge is 2.28. The van der Waals surface area contributed by atoms with Crippen molar-refractivity contribution in [3.8, 4) is 0 Å². The van der Waals surface area contributed by atoms with Gasteiger partial charge >= 0.3 is 0 Å². The lowest BCUT2D eigenvalue weighted by Crippen LogP contribution is -2.49. The van der Waals surface area contributed by atoms with Crippen molar-refractivity contribution in [3.05, 3.63) is 69.2 Å². The fraction of sp³-hybridized carbons (Fsp3) is 0.440. The summed E-state index contributed by atoms with van der Waals surface area (Å²) in [5, 5.41) is 3.88. The summed E-state index contributed by atoms with van der Waals surface area (Å²) in [5.41, 5.74) is 3.23. The Bertz CT molecular complexity index is 907. The van der Waals surface area contributed by atoms with Gasteiger partial charge in [-0.15, -0.1) is 11.8 Å². The van der Waals surface area contributed by atoms with E-state index in [1.54, 1.807) is 28.8 Å². The number of hydrogen-bond donors (Lipinski definition) is 1. The molecule has 0 aliphatic heterocycles. The molecule has 2 aromatic rings. The molecular formula is C25H32Cl2N2O2S. The van der Waals surface area contributed by atoms with Crippen molar-refractivity contribution in [2.75, 3.05) is 12.3 Å². The molecule has 0 heterocycles. The van der Waals surface area contributed by atoms with Gasteiger partial charge in [-0.3, -0.25) is 9.59 Å². The third-order valence-electron chi connectivity index (χ3n) is 5.13. The fourth-order valence-electron chi connectivity index (χ4n) is 3.40. The van der Waals surface area contributed by atoms with E-state index in [4.69, 9.17) is 23.2 Å². The molecule has 1 atom stereocenters. The molecule has 0 saturated heterocycles. The first-order valence-electron chi connectivity index (χ1n) is 11.0. The summed E-state index contributed by atoms with van der Waals surface area (Å²) < 4.78 is 0. The van der Waals surface area contributed by atoms with Gasteiger partial charge in [0.25, 0.3) is 0 Å². The van der Waals surface area contributed by atoms with E-state index in [-0.39, 0.29) is 11.8 Å². The maximum absolute atomic E-state index is 13.3. The van der Waals surface area contributed by atoms with Crippen molar-refractivity contribution in [1.82, 2.24) is 10.2 Å². The van der Waals surface area contributed by atoms with Crippen LogP contribution in [0.2, 0.25) is 10.0 Å². The van der Waals surface area contributed by atoms with Crippen LogP contribution in [-0.2, 0) is 21.9 Å². The lowest BCUT2D eigenvalue weighted by molar-refractivity contribution is -0.139. The first-order chi connectivity index (χ1) is 15.3. The van der Waals surface area contributed by atoms with Crippen LogP contribution >= 0.6 is 35.0 Å². The maximum Gasteiger partial charge on any atom is 0.242 e. The van der Waals surface area contributed by atoms with E-state index in [2.05, 4.69) is 37.4 Å². The summed E-state index contributed by atoms with van der Waals surface area (Å²) >= 11 is 13.8. The van der Waals surface area contributed by atoms with Gasteiger partial charge in [-0.1, -0.05) is 79.4 Å². The Morgan fingerprint density at radius 2 is 1.84 bits per heavy atom. The third-order valence-corrected chi connectivity index (χ3v) is 6.86. The van der Waals surface area contributed by atoms with Crippen LogP contribution in [0.1, 0.15) is 49.8 Å². The molecule has 0 aliphatic carbocycles. The molecule has 2 aromatic carbocycles. The van der Waals surface area contributed by atoms with Crippen LogP contribution in [0.15, 0.2) is 42.5 Å². The Hall–Kier alpha value is -1.69. The lowest BCUT2D eigenvalue weighted by atomic mass is 10.1. The van der Waals surface area contributed by atoms with E-state index in [0.717, 1.165) is 24.2 Å². The van der Waals surface area contributed by atoms with Crippen LogP contribution < -0.4 is 5.32 Å². The van der Waals surface area contributed by atoms with E-state index >= 15 is 0 Å². The van der Waals surface area contributed by atoms with Gasteiger partial charge in [0.05, 0.1) is 15.8 Å². The molecule has 0 unspecified atom stereocenters. The van der Waals surface area contributed by atoms with Gasteiger partial charge in [0.2, 0.25) is 11.8 Å². The van der Waals surface area contributed by atoms with Gasteiger partial charge in [0, 0.05) is 18.8 Å². The molecule has 0 bridgehead atoms. The Labute approximate surface area is 206 Å². The average Bonchev–Trinajstić information content (AvgIpc) is 2.76. The van der Waals surface area contributed by atoms with E-state index in [1.165, 1.54) is 11.1 Å².